The van der Waals surface area contributed by atoms with Crippen LogP contribution in [0.3, 0.4) is 0 Å². The predicted octanol–water partition coefficient (Wildman–Crippen LogP) is 4.30. The summed E-state index contributed by atoms with van der Waals surface area (Å²) in [6.45, 7) is 10.1. The Morgan fingerprint density at radius 3 is 2.35 bits per heavy atom. The summed E-state index contributed by atoms with van der Waals surface area (Å²) in [5.41, 5.74) is 4.92. The van der Waals surface area contributed by atoms with Crippen LogP contribution in [0.1, 0.15) is 53.9 Å². The maximum absolute atomic E-state index is 12.3. The van der Waals surface area contributed by atoms with Crippen LogP contribution in [0, 0.1) is 5.41 Å². The van der Waals surface area contributed by atoms with Gasteiger partial charge in [-0.25, -0.2) is 4.79 Å². The highest BCUT2D eigenvalue weighted by Gasteiger charge is 2.44. The van der Waals surface area contributed by atoms with Gasteiger partial charge in [-0.2, -0.15) is 0 Å². The lowest BCUT2D eigenvalue weighted by atomic mass is 9.72. The monoisotopic (exact) mass is 554 g/mol. The molecule has 1 aromatic carbocycles. The quantitative estimate of drug-likeness (QED) is 0.154. The number of hydrogen-bond acceptors (Lipinski definition) is 8. The molecule has 1 saturated heterocycles. The van der Waals surface area contributed by atoms with Gasteiger partial charge in [-0.05, 0) is 80.9 Å². The molecule has 0 spiro atoms. The molecule has 0 saturated carbocycles. The van der Waals surface area contributed by atoms with E-state index in [4.69, 9.17) is 14.2 Å². The van der Waals surface area contributed by atoms with E-state index in [9.17, 15) is 25.2 Å². The van der Waals surface area contributed by atoms with E-state index >= 15 is 0 Å². The zero-order valence-electron chi connectivity index (χ0n) is 23.9. The molecular formula is C32H42O8. The topological polar surface area (TPSA) is 126 Å². The number of hydrogen-bond donors (Lipinski definition) is 4. The molecule has 1 aliphatic carbocycles. The fourth-order valence-corrected chi connectivity index (χ4v) is 4.90. The van der Waals surface area contributed by atoms with E-state index in [1.165, 1.54) is 54.3 Å². The van der Waals surface area contributed by atoms with Gasteiger partial charge in [0, 0.05) is 6.08 Å². The van der Waals surface area contributed by atoms with Crippen molar-refractivity contribution in [3.05, 3.63) is 83.0 Å². The van der Waals surface area contributed by atoms with Gasteiger partial charge in [0.1, 0.15) is 35.9 Å². The maximum Gasteiger partial charge on any atom is 0.336 e. The molecule has 0 bridgehead atoms. The van der Waals surface area contributed by atoms with E-state index in [1.54, 1.807) is 0 Å². The van der Waals surface area contributed by atoms with Crippen LogP contribution in [0.2, 0.25) is 0 Å². The van der Waals surface area contributed by atoms with Crippen molar-refractivity contribution in [1.29, 1.82) is 0 Å². The summed E-state index contributed by atoms with van der Waals surface area (Å²) in [6.07, 6.45) is 8.21. The number of benzene rings is 1. The molecule has 8 heteroatoms. The molecule has 0 aromatic heterocycles. The molecule has 2 aliphatic rings. The van der Waals surface area contributed by atoms with Gasteiger partial charge in [-0.1, -0.05) is 55.4 Å². The number of allylic oxidation sites excluding steroid dienone is 9. The Labute approximate surface area is 236 Å². The first-order valence-corrected chi connectivity index (χ1v) is 13.6. The minimum atomic E-state index is -1.54. The van der Waals surface area contributed by atoms with Crippen LogP contribution in [0.25, 0.3) is 0 Å². The third-order valence-electron chi connectivity index (χ3n) is 7.26. The normalized spacial score (nSPS) is 27.9. The summed E-state index contributed by atoms with van der Waals surface area (Å²) in [7, 11) is 0. The Kier molecular flexibility index (Phi) is 11.1. The number of ether oxygens (including phenoxy) is 3. The average molecular weight is 555 g/mol. The second-order valence-corrected chi connectivity index (χ2v) is 11.1. The van der Waals surface area contributed by atoms with Crippen LogP contribution >= 0.6 is 0 Å². The molecule has 4 N–H and O–H groups in total. The van der Waals surface area contributed by atoms with Crippen molar-refractivity contribution >= 4 is 5.97 Å². The van der Waals surface area contributed by atoms with E-state index < -0.39 is 43.3 Å². The van der Waals surface area contributed by atoms with Crippen LogP contribution in [-0.4, -0.2) is 63.7 Å². The molecule has 1 aliphatic heterocycles. The average Bonchev–Trinajstić information content (AvgIpc) is 2.89. The number of carbonyl (C=O) groups excluding carboxylic acids is 1. The third-order valence-corrected chi connectivity index (χ3v) is 7.26. The lowest BCUT2D eigenvalue weighted by molar-refractivity contribution is -0.277. The summed E-state index contributed by atoms with van der Waals surface area (Å²) in [4.78, 5) is 12.3. The van der Waals surface area contributed by atoms with E-state index in [2.05, 4.69) is 32.9 Å². The summed E-state index contributed by atoms with van der Waals surface area (Å²) in [5, 5.41) is 39.2. The van der Waals surface area contributed by atoms with Gasteiger partial charge in [-0.3, -0.25) is 0 Å². The third kappa shape index (κ3) is 8.49. The van der Waals surface area contributed by atoms with Crippen molar-refractivity contribution in [3.63, 3.8) is 0 Å². The highest BCUT2D eigenvalue weighted by molar-refractivity contribution is 5.85. The summed E-state index contributed by atoms with van der Waals surface area (Å²) < 4.78 is 16.2. The first-order valence-electron chi connectivity index (χ1n) is 13.6. The minimum Gasteiger partial charge on any atom is -0.462 e. The van der Waals surface area contributed by atoms with Crippen molar-refractivity contribution < 1.29 is 39.4 Å². The zero-order chi connectivity index (χ0) is 29.4. The Hall–Kier alpha value is -3.01. The Bertz CT molecular complexity index is 1170. The Morgan fingerprint density at radius 2 is 1.70 bits per heavy atom. The van der Waals surface area contributed by atoms with Gasteiger partial charge in [0.2, 0.25) is 6.29 Å². The van der Waals surface area contributed by atoms with Gasteiger partial charge in [0.15, 0.2) is 0 Å². The first-order chi connectivity index (χ1) is 18.9. The van der Waals surface area contributed by atoms with E-state index in [0.29, 0.717) is 0 Å². The largest absolute Gasteiger partial charge is 0.462 e. The van der Waals surface area contributed by atoms with Crippen molar-refractivity contribution in [2.24, 2.45) is 5.41 Å². The lowest BCUT2D eigenvalue weighted by Gasteiger charge is -2.39. The molecule has 3 rings (SSSR count). The molecule has 1 fully saturated rings. The summed E-state index contributed by atoms with van der Waals surface area (Å²) in [5.74, 6) is 0.0241. The van der Waals surface area contributed by atoms with Gasteiger partial charge in [0.25, 0.3) is 0 Å². The fraction of sp³-hybridized carbons (Fsp3) is 0.469. The van der Waals surface area contributed by atoms with Crippen molar-refractivity contribution in [2.75, 3.05) is 6.61 Å². The van der Waals surface area contributed by atoms with Crippen LogP contribution in [0.4, 0.5) is 0 Å². The van der Waals surface area contributed by atoms with Crippen molar-refractivity contribution in [1.82, 2.24) is 0 Å². The van der Waals surface area contributed by atoms with Crippen LogP contribution < -0.4 is 9.47 Å². The van der Waals surface area contributed by atoms with Crippen LogP contribution in [0.15, 0.2) is 83.0 Å². The van der Waals surface area contributed by atoms with E-state index in [-0.39, 0.29) is 16.9 Å². The highest BCUT2D eigenvalue weighted by atomic mass is 16.7. The number of carbonyl (C=O) groups is 1. The van der Waals surface area contributed by atoms with Gasteiger partial charge >= 0.3 is 5.97 Å². The first kappa shape index (κ1) is 31.5. The molecule has 218 valence electrons. The standard InChI is InChI=1S/C32H42O8/c1-20(11-16-25-22(3)10-7-17-32(25,4)5)8-6-9-21(2)18-27(34)38-23-12-14-24(15-13-23)39-31-30(37)29(36)28(35)26(19-33)40-31/h6,8-9,11-16,18,26,28-31,33,35-37H,7,10,17,19H2,1-5H3/t26?,28-,29+,30?,31-/m1/s1. The van der Waals surface area contributed by atoms with Crippen molar-refractivity contribution in [3.8, 4) is 11.5 Å². The van der Waals surface area contributed by atoms with E-state index in [1.807, 2.05) is 32.1 Å². The molecule has 2 unspecified atom stereocenters. The van der Waals surface area contributed by atoms with Gasteiger partial charge in [-0.15, -0.1) is 0 Å². The Morgan fingerprint density at radius 1 is 1.02 bits per heavy atom. The summed E-state index contributed by atoms with van der Waals surface area (Å²) >= 11 is 0. The molecule has 8 nitrogen and oxygen atoms in total. The zero-order valence-corrected chi connectivity index (χ0v) is 23.9. The van der Waals surface area contributed by atoms with Crippen LogP contribution in [-0.2, 0) is 9.53 Å². The predicted molar refractivity (Wildman–Crippen MR) is 153 cm³/mol. The highest BCUT2D eigenvalue weighted by Crippen LogP contribution is 2.40. The smallest absolute Gasteiger partial charge is 0.336 e. The number of aliphatic hydroxyl groups is 4. The van der Waals surface area contributed by atoms with E-state index in [0.717, 1.165) is 17.6 Å². The maximum atomic E-state index is 12.3. The van der Waals surface area contributed by atoms with Crippen molar-refractivity contribution in [2.45, 2.75) is 84.6 Å². The number of esters is 1. The minimum absolute atomic E-state index is 0.201. The second kappa shape index (κ2) is 14.1. The molecule has 0 radical (unpaired) electrons. The molecule has 0 amide bonds. The second-order valence-electron chi connectivity index (χ2n) is 11.1. The molecule has 1 aromatic rings. The number of aliphatic hydroxyl groups excluding tert-OH is 4. The number of rotatable bonds is 9. The van der Waals surface area contributed by atoms with Gasteiger partial charge in [0.05, 0.1) is 6.61 Å². The molecular weight excluding hydrogens is 512 g/mol. The lowest BCUT2D eigenvalue weighted by Crippen LogP contribution is -2.60. The summed E-state index contributed by atoms with van der Waals surface area (Å²) in [6, 6.07) is 6.04. The molecule has 5 atom stereocenters. The van der Waals surface area contributed by atoms with Crippen LogP contribution in [0.5, 0.6) is 11.5 Å². The molecule has 40 heavy (non-hydrogen) atoms. The fourth-order valence-electron chi connectivity index (χ4n) is 4.90. The Balaban J connectivity index is 1.53. The van der Waals surface area contributed by atoms with Gasteiger partial charge < -0.3 is 34.6 Å². The molecule has 1 heterocycles. The SMILES string of the molecule is CC(C=CC1=C(C)CCCC1(C)C)=CC=CC(C)=CC(=O)Oc1ccc(O[C@@H]2OC(CO)[C@@H](O)[C@H](O)C2O)cc1.